The van der Waals surface area contributed by atoms with E-state index in [0.717, 1.165) is 5.69 Å². The Labute approximate surface area is 117 Å². The number of fused-ring (bicyclic) bond motifs is 1. The molecule has 0 spiro atoms. The third kappa shape index (κ3) is 2.81. The van der Waals surface area contributed by atoms with Crippen LogP contribution in [0.5, 0.6) is 0 Å². The molecule has 0 bridgehead atoms. The van der Waals surface area contributed by atoms with E-state index in [1.807, 2.05) is 36.5 Å². The van der Waals surface area contributed by atoms with Crippen LogP contribution in [0.4, 0.5) is 5.69 Å². The molecule has 0 radical (unpaired) electrons. The molecule has 3 rings (SSSR count). The molecule has 2 aromatic carbocycles. The zero-order valence-corrected chi connectivity index (χ0v) is 11.1. The van der Waals surface area contributed by atoms with Crippen LogP contribution < -0.4 is 5.32 Å². The molecule has 0 aliphatic heterocycles. The lowest BCUT2D eigenvalue weighted by molar-refractivity contribution is 0.161. The van der Waals surface area contributed by atoms with Crippen molar-refractivity contribution in [3.05, 3.63) is 60.9 Å². The maximum Gasteiger partial charge on any atom is 0.0907 e. The Morgan fingerprint density at radius 1 is 1.10 bits per heavy atom. The van der Waals surface area contributed by atoms with Gasteiger partial charge in [0.15, 0.2) is 0 Å². The summed E-state index contributed by atoms with van der Waals surface area (Å²) < 4.78 is 1.73. The van der Waals surface area contributed by atoms with Crippen LogP contribution in [-0.2, 0) is 6.54 Å². The van der Waals surface area contributed by atoms with Gasteiger partial charge in [0, 0.05) is 30.0 Å². The fourth-order valence-electron chi connectivity index (χ4n) is 2.30. The number of aromatic nitrogens is 2. The largest absolute Gasteiger partial charge is 0.389 e. The second kappa shape index (κ2) is 5.75. The Morgan fingerprint density at radius 3 is 2.80 bits per heavy atom. The molecule has 1 atom stereocenters. The number of aliphatic hydroxyl groups is 1. The summed E-state index contributed by atoms with van der Waals surface area (Å²) in [5, 5.41) is 19.8. The molecule has 1 unspecified atom stereocenters. The normalized spacial score (nSPS) is 12.4. The maximum absolute atomic E-state index is 10.0. The van der Waals surface area contributed by atoms with Gasteiger partial charge < -0.3 is 10.4 Å². The highest BCUT2D eigenvalue weighted by atomic mass is 16.3. The average Bonchev–Trinajstić information content (AvgIpc) is 2.98. The molecule has 1 heterocycles. The minimum Gasteiger partial charge on any atom is -0.389 e. The van der Waals surface area contributed by atoms with Crippen LogP contribution in [0.1, 0.15) is 0 Å². The van der Waals surface area contributed by atoms with Gasteiger partial charge >= 0.3 is 0 Å². The monoisotopic (exact) mass is 267 g/mol. The predicted octanol–water partition coefficient (Wildman–Crippen LogP) is 2.51. The molecule has 0 amide bonds. The fourth-order valence-corrected chi connectivity index (χ4v) is 2.30. The van der Waals surface area contributed by atoms with E-state index >= 15 is 0 Å². The second-order valence-corrected chi connectivity index (χ2v) is 4.79. The third-order valence-corrected chi connectivity index (χ3v) is 3.27. The van der Waals surface area contributed by atoms with Gasteiger partial charge in [-0.25, -0.2) is 0 Å². The van der Waals surface area contributed by atoms with Crippen molar-refractivity contribution >= 4 is 16.5 Å². The quantitative estimate of drug-likeness (QED) is 0.747. The van der Waals surface area contributed by atoms with Gasteiger partial charge in [-0.1, -0.05) is 36.4 Å². The molecule has 102 valence electrons. The fraction of sp³-hybridized carbons (Fsp3) is 0.188. The first kappa shape index (κ1) is 12.7. The molecule has 0 aliphatic carbocycles. The van der Waals surface area contributed by atoms with Crippen LogP contribution in [0.25, 0.3) is 10.8 Å². The highest BCUT2D eigenvalue weighted by Gasteiger charge is 2.06. The first-order chi connectivity index (χ1) is 9.83. The van der Waals surface area contributed by atoms with Crippen LogP contribution in [0.15, 0.2) is 60.9 Å². The summed E-state index contributed by atoms with van der Waals surface area (Å²) in [5.41, 5.74) is 1.04. The molecule has 0 fully saturated rings. The van der Waals surface area contributed by atoms with E-state index in [9.17, 15) is 5.11 Å². The summed E-state index contributed by atoms with van der Waals surface area (Å²) >= 11 is 0. The lowest BCUT2D eigenvalue weighted by atomic mass is 10.1. The standard InChI is InChI=1S/C16H17N3O/c20-14(12-19-10-4-9-18-19)11-17-16-8-3-6-13-5-1-2-7-15(13)16/h1-10,14,17,20H,11-12H2. The Hall–Kier alpha value is -2.33. The van der Waals surface area contributed by atoms with Crippen molar-refractivity contribution in [1.29, 1.82) is 0 Å². The summed E-state index contributed by atoms with van der Waals surface area (Å²) in [6, 6.07) is 16.2. The van der Waals surface area contributed by atoms with Crippen LogP contribution in [0.3, 0.4) is 0 Å². The molecule has 0 aliphatic rings. The van der Waals surface area contributed by atoms with E-state index in [2.05, 4.69) is 28.6 Å². The summed E-state index contributed by atoms with van der Waals surface area (Å²) in [7, 11) is 0. The van der Waals surface area contributed by atoms with E-state index in [1.54, 1.807) is 10.9 Å². The van der Waals surface area contributed by atoms with Crippen LogP contribution in [0, 0.1) is 0 Å². The van der Waals surface area contributed by atoms with E-state index in [-0.39, 0.29) is 0 Å². The van der Waals surface area contributed by atoms with Crippen LogP contribution in [0.2, 0.25) is 0 Å². The molecule has 4 nitrogen and oxygen atoms in total. The van der Waals surface area contributed by atoms with Gasteiger partial charge in [-0.2, -0.15) is 5.10 Å². The van der Waals surface area contributed by atoms with Crippen molar-refractivity contribution < 1.29 is 5.11 Å². The van der Waals surface area contributed by atoms with Crippen molar-refractivity contribution in [2.24, 2.45) is 0 Å². The highest BCUT2D eigenvalue weighted by molar-refractivity contribution is 5.93. The van der Waals surface area contributed by atoms with Crippen molar-refractivity contribution in [3.63, 3.8) is 0 Å². The zero-order chi connectivity index (χ0) is 13.8. The summed E-state index contributed by atoms with van der Waals surface area (Å²) in [6.07, 6.45) is 3.08. The summed E-state index contributed by atoms with van der Waals surface area (Å²) in [6.45, 7) is 0.985. The number of nitrogens with zero attached hydrogens (tertiary/aromatic N) is 2. The maximum atomic E-state index is 10.0. The Balaban J connectivity index is 1.67. The Morgan fingerprint density at radius 2 is 1.95 bits per heavy atom. The molecule has 3 aromatic rings. The molecule has 0 saturated heterocycles. The van der Waals surface area contributed by atoms with Crippen LogP contribution >= 0.6 is 0 Å². The number of anilines is 1. The molecule has 0 saturated carbocycles. The highest BCUT2D eigenvalue weighted by Crippen LogP contribution is 2.22. The van der Waals surface area contributed by atoms with E-state index in [1.165, 1.54) is 10.8 Å². The summed E-state index contributed by atoms with van der Waals surface area (Å²) in [5.74, 6) is 0. The van der Waals surface area contributed by atoms with E-state index in [0.29, 0.717) is 13.1 Å². The number of nitrogens with one attached hydrogen (secondary N) is 1. The van der Waals surface area contributed by atoms with Crippen LogP contribution in [-0.4, -0.2) is 27.5 Å². The minimum atomic E-state index is -0.478. The average molecular weight is 267 g/mol. The first-order valence-electron chi connectivity index (χ1n) is 6.70. The van der Waals surface area contributed by atoms with Gasteiger partial charge in [0.25, 0.3) is 0 Å². The first-order valence-corrected chi connectivity index (χ1v) is 6.70. The zero-order valence-electron chi connectivity index (χ0n) is 11.1. The van der Waals surface area contributed by atoms with Gasteiger partial charge in [0.2, 0.25) is 0 Å². The SMILES string of the molecule is OC(CNc1cccc2ccccc12)Cn1cccn1. The number of aliphatic hydroxyl groups excluding tert-OH is 1. The number of rotatable bonds is 5. The van der Waals surface area contributed by atoms with Gasteiger partial charge in [-0.05, 0) is 17.5 Å². The lowest BCUT2D eigenvalue weighted by Crippen LogP contribution is -2.25. The Kier molecular flexibility index (Phi) is 3.65. The van der Waals surface area contributed by atoms with Gasteiger partial charge in [0.1, 0.15) is 0 Å². The Bertz CT molecular complexity index is 674. The minimum absolute atomic E-state index is 0.478. The second-order valence-electron chi connectivity index (χ2n) is 4.79. The van der Waals surface area contributed by atoms with E-state index in [4.69, 9.17) is 0 Å². The van der Waals surface area contributed by atoms with Gasteiger partial charge in [0.05, 0.1) is 12.6 Å². The third-order valence-electron chi connectivity index (χ3n) is 3.27. The van der Waals surface area contributed by atoms with E-state index < -0.39 is 6.10 Å². The number of benzene rings is 2. The van der Waals surface area contributed by atoms with Crippen molar-refractivity contribution in [3.8, 4) is 0 Å². The summed E-state index contributed by atoms with van der Waals surface area (Å²) in [4.78, 5) is 0. The molecule has 2 N–H and O–H groups in total. The lowest BCUT2D eigenvalue weighted by Gasteiger charge is -2.14. The van der Waals surface area contributed by atoms with Crippen molar-refractivity contribution in [2.45, 2.75) is 12.6 Å². The smallest absolute Gasteiger partial charge is 0.0907 e. The molecular weight excluding hydrogens is 250 g/mol. The number of hydrogen-bond donors (Lipinski definition) is 2. The molecule has 4 heteroatoms. The van der Waals surface area contributed by atoms with Gasteiger partial charge in [-0.3, -0.25) is 4.68 Å². The van der Waals surface area contributed by atoms with Crippen molar-refractivity contribution in [1.82, 2.24) is 9.78 Å². The molecular formula is C16H17N3O. The number of hydrogen-bond acceptors (Lipinski definition) is 3. The molecule has 1 aromatic heterocycles. The topological polar surface area (TPSA) is 50.1 Å². The van der Waals surface area contributed by atoms with Crippen molar-refractivity contribution in [2.75, 3.05) is 11.9 Å². The van der Waals surface area contributed by atoms with Gasteiger partial charge in [-0.15, -0.1) is 0 Å². The molecule has 20 heavy (non-hydrogen) atoms. The predicted molar refractivity (Wildman–Crippen MR) is 80.7 cm³/mol.